The highest BCUT2D eigenvalue weighted by Crippen LogP contribution is 2.13. The van der Waals surface area contributed by atoms with Gasteiger partial charge in [-0.2, -0.15) is 10.2 Å². The fourth-order valence-electron chi connectivity index (χ4n) is 1.71. The van der Waals surface area contributed by atoms with Gasteiger partial charge in [0.1, 0.15) is 11.8 Å². The summed E-state index contributed by atoms with van der Waals surface area (Å²) in [5, 5.41) is 12.0. The molecule has 5 nitrogen and oxygen atoms in total. The number of hydrogen-bond donors (Lipinski definition) is 1. The quantitative estimate of drug-likeness (QED) is 0.809. The Morgan fingerprint density at radius 1 is 1.50 bits per heavy atom. The zero-order chi connectivity index (χ0) is 11.2. The highest BCUT2D eigenvalue weighted by Gasteiger charge is 2.14. The van der Waals surface area contributed by atoms with Crippen molar-refractivity contribution in [3.63, 3.8) is 0 Å². The zero-order valence-electron chi connectivity index (χ0n) is 9.02. The zero-order valence-corrected chi connectivity index (χ0v) is 9.02. The Labute approximate surface area is 94.5 Å². The number of ether oxygens (including phenoxy) is 1. The van der Waals surface area contributed by atoms with Crippen LogP contribution in [0.5, 0.6) is 6.01 Å². The number of rotatable bonds is 3. The van der Waals surface area contributed by atoms with Crippen LogP contribution in [0, 0.1) is 17.2 Å². The van der Waals surface area contributed by atoms with E-state index in [-0.39, 0.29) is 0 Å². The molecule has 0 atom stereocenters. The first kappa shape index (κ1) is 10.8. The molecule has 2 heterocycles. The van der Waals surface area contributed by atoms with E-state index in [9.17, 15) is 0 Å². The summed E-state index contributed by atoms with van der Waals surface area (Å²) in [6, 6.07) is 3.83. The van der Waals surface area contributed by atoms with E-state index in [1.807, 2.05) is 6.07 Å². The summed E-state index contributed by atoms with van der Waals surface area (Å²) in [6.45, 7) is 2.73. The molecule has 0 unspecified atom stereocenters. The first-order chi connectivity index (χ1) is 7.88. The molecule has 0 radical (unpaired) electrons. The van der Waals surface area contributed by atoms with E-state index in [0.717, 1.165) is 25.9 Å². The summed E-state index contributed by atoms with van der Waals surface area (Å²) in [6.07, 6.45) is 3.79. The number of nitrogens with one attached hydrogen (secondary N) is 1. The maximum absolute atomic E-state index is 8.67. The molecular formula is C11H14N4O. The molecule has 0 bridgehead atoms. The Morgan fingerprint density at radius 3 is 3.06 bits per heavy atom. The van der Waals surface area contributed by atoms with Gasteiger partial charge in [0.25, 0.3) is 0 Å². The van der Waals surface area contributed by atoms with E-state index in [1.165, 1.54) is 0 Å². The molecule has 1 aromatic rings. The third-order valence-corrected chi connectivity index (χ3v) is 2.65. The van der Waals surface area contributed by atoms with Crippen molar-refractivity contribution in [2.45, 2.75) is 12.8 Å². The van der Waals surface area contributed by atoms with E-state index in [4.69, 9.17) is 10.00 Å². The van der Waals surface area contributed by atoms with Crippen LogP contribution in [0.1, 0.15) is 18.5 Å². The second-order valence-electron chi connectivity index (χ2n) is 3.84. The predicted molar refractivity (Wildman–Crippen MR) is 57.8 cm³/mol. The van der Waals surface area contributed by atoms with Gasteiger partial charge in [0.15, 0.2) is 0 Å². The van der Waals surface area contributed by atoms with E-state index < -0.39 is 0 Å². The van der Waals surface area contributed by atoms with Gasteiger partial charge >= 0.3 is 6.01 Å². The first-order valence-electron chi connectivity index (χ1n) is 5.45. The lowest BCUT2D eigenvalue weighted by molar-refractivity contribution is 0.202. The molecule has 5 heteroatoms. The lowest BCUT2D eigenvalue weighted by atomic mass is 9.99. The van der Waals surface area contributed by atoms with E-state index in [2.05, 4.69) is 15.3 Å². The summed E-state index contributed by atoms with van der Waals surface area (Å²) in [5.41, 5.74) is 0.343. The Hall–Kier alpha value is -1.67. The highest BCUT2D eigenvalue weighted by molar-refractivity contribution is 5.19. The molecule has 2 rings (SSSR count). The van der Waals surface area contributed by atoms with E-state index >= 15 is 0 Å². The van der Waals surface area contributed by atoms with Crippen LogP contribution in [0.2, 0.25) is 0 Å². The predicted octanol–water partition coefficient (Wildman–Crippen LogP) is 0.727. The maximum atomic E-state index is 8.67. The molecule has 1 aromatic heterocycles. The van der Waals surface area contributed by atoms with Crippen LogP contribution in [0.25, 0.3) is 0 Å². The van der Waals surface area contributed by atoms with Crippen LogP contribution < -0.4 is 10.1 Å². The molecule has 1 fully saturated rings. The topological polar surface area (TPSA) is 70.8 Å². The Kier molecular flexibility index (Phi) is 3.67. The van der Waals surface area contributed by atoms with Crippen molar-refractivity contribution in [1.29, 1.82) is 5.26 Å². The maximum Gasteiger partial charge on any atom is 0.317 e. The standard InChI is InChI=1S/C11H14N4O/c12-7-10-3-6-14-11(15-10)16-8-9-1-4-13-5-2-9/h3,6,9,13H,1-2,4-5,8H2. The second-order valence-corrected chi connectivity index (χ2v) is 3.84. The third-order valence-electron chi connectivity index (χ3n) is 2.65. The summed E-state index contributed by atoms with van der Waals surface area (Å²) < 4.78 is 5.49. The molecular weight excluding hydrogens is 204 g/mol. The van der Waals surface area contributed by atoms with E-state index in [1.54, 1.807) is 12.3 Å². The monoisotopic (exact) mass is 218 g/mol. The Morgan fingerprint density at radius 2 is 2.31 bits per heavy atom. The number of piperidine rings is 1. The van der Waals surface area contributed by atoms with Crippen molar-refractivity contribution in [3.05, 3.63) is 18.0 Å². The van der Waals surface area contributed by atoms with Crippen LogP contribution in [0.15, 0.2) is 12.3 Å². The van der Waals surface area contributed by atoms with Crippen LogP contribution in [-0.4, -0.2) is 29.7 Å². The summed E-state index contributed by atoms with van der Waals surface area (Å²) in [5.74, 6) is 0.565. The fourth-order valence-corrected chi connectivity index (χ4v) is 1.71. The van der Waals surface area contributed by atoms with Gasteiger partial charge in [-0.1, -0.05) is 0 Å². The molecule has 1 saturated heterocycles. The first-order valence-corrected chi connectivity index (χ1v) is 5.45. The van der Waals surface area contributed by atoms with Gasteiger partial charge in [-0.15, -0.1) is 0 Å². The average molecular weight is 218 g/mol. The largest absolute Gasteiger partial charge is 0.463 e. The van der Waals surface area contributed by atoms with Crippen molar-refractivity contribution in [3.8, 4) is 12.1 Å². The molecule has 0 spiro atoms. The van der Waals surface area contributed by atoms with Crippen LogP contribution >= 0.6 is 0 Å². The van der Waals surface area contributed by atoms with Crippen molar-refractivity contribution >= 4 is 0 Å². The molecule has 1 aliphatic heterocycles. The van der Waals surface area contributed by atoms with Crippen LogP contribution in [0.3, 0.4) is 0 Å². The highest BCUT2D eigenvalue weighted by atomic mass is 16.5. The Bertz CT molecular complexity index is 382. The minimum atomic E-state index is 0.303. The molecule has 0 amide bonds. The van der Waals surface area contributed by atoms with Gasteiger partial charge in [0.05, 0.1) is 6.61 Å². The molecule has 16 heavy (non-hydrogen) atoms. The van der Waals surface area contributed by atoms with Gasteiger partial charge < -0.3 is 10.1 Å². The Balaban J connectivity index is 1.86. The number of nitriles is 1. The molecule has 1 N–H and O–H groups in total. The molecule has 1 aliphatic rings. The number of nitrogens with zero attached hydrogens (tertiary/aromatic N) is 3. The molecule has 0 saturated carbocycles. The number of hydrogen-bond acceptors (Lipinski definition) is 5. The average Bonchev–Trinajstić information content (AvgIpc) is 2.38. The van der Waals surface area contributed by atoms with Gasteiger partial charge in [0, 0.05) is 6.20 Å². The lowest BCUT2D eigenvalue weighted by Crippen LogP contribution is -2.30. The van der Waals surface area contributed by atoms with Crippen LogP contribution in [0.4, 0.5) is 0 Å². The van der Waals surface area contributed by atoms with Crippen molar-refractivity contribution in [2.75, 3.05) is 19.7 Å². The van der Waals surface area contributed by atoms with Gasteiger partial charge in [-0.3, -0.25) is 0 Å². The normalized spacial score (nSPS) is 16.7. The van der Waals surface area contributed by atoms with Gasteiger partial charge in [-0.25, -0.2) is 4.98 Å². The van der Waals surface area contributed by atoms with Crippen LogP contribution in [-0.2, 0) is 0 Å². The third kappa shape index (κ3) is 2.91. The molecule has 0 aromatic carbocycles. The second kappa shape index (κ2) is 5.42. The smallest absolute Gasteiger partial charge is 0.317 e. The van der Waals surface area contributed by atoms with E-state index in [0.29, 0.717) is 24.2 Å². The minimum absolute atomic E-state index is 0.303. The fraction of sp³-hybridized carbons (Fsp3) is 0.545. The van der Waals surface area contributed by atoms with Crippen molar-refractivity contribution < 1.29 is 4.74 Å². The van der Waals surface area contributed by atoms with Crippen molar-refractivity contribution in [1.82, 2.24) is 15.3 Å². The van der Waals surface area contributed by atoms with Crippen molar-refractivity contribution in [2.24, 2.45) is 5.92 Å². The summed E-state index contributed by atoms with van der Waals surface area (Å²) >= 11 is 0. The minimum Gasteiger partial charge on any atom is -0.463 e. The molecule has 0 aliphatic carbocycles. The molecule has 84 valence electrons. The van der Waals surface area contributed by atoms with Gasteiger partial charge in [-0.05, 0) is 37.9 Å². The van der Waals surface area contributed by atoms with Gasteiger partial charge in [0.2, 0.25) is 0 Å². The lowest BCUT2D eigenvalue weighted by Gasteiger charge is -2.21. The summed E-state index contributed by atoms with van der Waals surface area (Å²) in [7, 11) is 0. The summed E-state index contributed by atoms with van der Waals surface area (Å²) in [4.78, 5) is 7.94. The number of aromatic nitrogens is 2. The SMILES string of the molecule is N#Cc1ccnc(OCC2CCNCC2)n1.